The van der Waals surface area contributed by atoms with Crippen molar-refractivity contribution in [2.24, 2.45) is 14.1 Å². The van der Waals surface area contributed by atoms with Crippen LogP contribution in [0.3, 0.4) is 0 Å². The summed E-state index contributed by atoms with van der Waals surface area (Å²) in [5.74, 6) is -0.842. The summed E-state index contributed by atoms with van der Waals surface area (Å²) in [6.07, 6.45) is 1.49. The van der Waals surface area contributed by atoms with Gasteiger partial charge in [0.1, 0.15) is 12.4 Å². The van der Waals surface area contributed by atoms with Crippen LogP contribution in [0, 0.1) is 0 Å². The van der Waals surface area contributed by atoms with Crippen LogP contribution in [0.1, 0.15) is 24.0 Å². The highest BCUT2D eigenvalue weighted by molar-refractivity contribution is 5.94. The summed E-state index contributed by atoms with van der Waals surface area (Å²) in [7, 11) is 6.89. The molecule has 0 unspecified atom stereocenters. The first-order valence-electron chi connectivity index (χ1n) is 9.52. The van der Waals surface area contributed by atoms with Gasteiger partial charge in [-0.05, 0) is 24.6 Å². The zero-order valence-corrected chi connectivity index (χ0v) is 17.9. The molecule has 2 heterocycles. The molecule has 0 saturated carbocycles. The van der Waals surface area contributed by atoms with E-state index in [9.17, 15) is 14.4 Å². The Morgan fingerprint density at radius 3 is 2.40 bits per heavy atom. The number of nitrogens with one attached hydrogen (secondary N) is 1. The van der Waals surface area contributed by atoms with Gasteiger partial charge in [-0.25, -0.2) is 9.59 Å². The fourth-order valence-electron chi connectivity index (χ4n) is 3.67. The van der Waals surface area contributed by atoms with E-state index in [-0.39, 0.29) is 6.61 Å². The highest BCUT2D eigenvalue weighted by Gasteiger charge is 2.37. The van der Waals surface area contributed by atoms with Crippen molar-refractivity contribution in [3.8, 4) is 0 Å². The van der Waals surface area contributed by atoms with Gasteiger partial charge in [-0.2, -0.15) is 0 Å². The number of aromatic nitrogens is 2. The van der Waals surface area contributed by atoms with Crippen LogP contribution in [0.4, 0.5) is 11.5 Å². The minimum absolute atomic E-state index is 0.0556. The average Bonchev–Trinajstić information content (AvgIpc) is 2.73. The van der Waals surface area contributed by atoms with Crippen molar-refractivity contribution in [3.63, 3.8) is 0 Å². The summed E-state index contributed by atoms with van der Waals surface area (Å²) in [4.78, 5) is 40.5. The van der Waals surface area contributed by atoms with Gasteiger partial charge in [0.25, 0.3) is 5.56 Å². The Bertz CT molecular complexity index is 1150. The summed E-state index contributed by atoms with van der Waals surface area (Å²) >= 11 is 0. The lowest BCUT2D eigenvalue weighted by atomic mass is 9.82. The monoisotopic (exact) mass is 410 g/mol. The Kier molecular flexibility index (Phi) is 5.69. The summed E-state index contributed by atoms with van der Waals surface area (Å²) in [5.41, 5.74) is 2.02. The van der Waals surface area contributed by atoms with Gasteiger partial charge in [0.05, 0.1) is 17.1 Å². The van der Waals surface area contributed by atoms with E-state index in [0.717, 1.165) is 15.8 Å². The molecule has 1 aliphatic heterocycles. The molecular weight excluding hydrogens is 384 g/mol. The molecule has 8 heteroatoms. The second kappa shape index (κ2) is 8.06. The van der Waals surface area contributed by atoms with E-state index in [1.807, 2.05) is 43.3 Å². The molecule has 0 spiro atoms. The third-order valence-corrected chi connectivity index (χ3v) is 5.28. The van der Waals surface area contributed by atoms with Crippen molar-refractivity contribution >= 4 is 17.5 Å². The fraction of sp³-hybridized carbons (Fsp3) is 0.318. The molecule has 0 saturated heterocycles. The summed E-state index contributed by atoms with van der Waals surface area (Å²) in [6, 6.07) is 7.61. The van der Waals surface area contributed by atoms with Gasteiger partial charge in [0.2, 0.25) is 0 Å². The molecule has 8 nitrogen and oxygen atoms in total. The predicted molar refractivity (Wildman–Crippen MR) is 117 cm³/mol. The zero-order chi connectivity index (χ0) is 22.2. The van der Waals surface area contributed by atoms with Crippen LogP contribution in [0.5, 0.6) is 0 Å². The van der Waals surface area contributed by atoms with Gasteiger partial charge < -0.3 is 15.0 Å². The van der Waals surface area contributed by atoms with Crippen LogP contribution in [-0.4, -0.2) is 35.8 Å². The topological polar surface area (TPSA) is 85.6 Å². The van der Waals surface area contributed by atoms with E-state index in [1.165, 1.54) is 17.7 Å². The number of hydrogen-bond donors (Lipinski definition) is 1. The Balaban J connectivity index is 2.30. The van der Waals surface area contributed by atoms with Crippen LogP contribution < -0.4 is 21.5 Å². The van der Waals surface area contributed by atoms with Crippen LogP contribution in [0.15, 0.2) is 57.8 Å². The molecule has 158 valence electrons. The Hall–Kier alpha value is -3.55. The summed E-state index contributed by atoms with van der Waals surface area (Å²) in [6.45, 7) is 5.37. The molecule has 0 radical (unpaired) electrons. The molecule has 1 aliphatic rings. The lowest BCUT2D eigenvalue weighted by Crippen LogP contribution is -2.43. The van der Waals surface area contributed by atoms with Gasteiger partial charge in [0, 0.05) is 39.6 Å². The fourth-order valence-corrected chi connectivity index (χ4v) is 3.67. The molecule has 1 aromatic carbocycles. The number of fused-ring (bicyclic) bond motifs is 1. The average molecular weight is 410 g/mol. The minimum atomic E-state index is -0.680. The number of nitrogens with zero attached hydrogens (tertiary/aromatic N) is 3. The van der Waals surface area contributed by atoms with Crippen molar-refractivity contribution in [2.75, 3.05) is 30.9 Å². The first kappa shape index (κ1) is 21.2. The standard InChI is InChI=1S/C22H26N4O4/c1-7-12-30-21(28)16-13(2)23-19-18(20(27)26(6)22(29)25(19)5)17(16)14-8-10-15(11-9-14)24(3)4/h7-11,17,23H,1,12H2,2-6H3/t17-/m1/s1. The molecule has 1 atom stereocenters. The predicted octanol–water partition coefficient (Wildman–Crippen LogP) is 1.71. The van der Waals surface area contributed by atoms with E-state index in [1.54, 1.807) is 14.0 Å². The van der Waals surface area contributed by atoms with Crippen LogP contribution >= 0.6 is 0 Å². The van der Waals surface area contributed by atoms with Gasteiger partial charge in [0.15, 0.2) is 0 Å². The lowest BCUT2D eigenvalue weighted by Gasteiger charge is -2.31. The van der Waals surface area contributed by atoms with E-state index < -0.39 is 23.1 Å². The molecule has 0 bridgehead atoms. The van der Waals surface area contributed by atoms with E-state index in [0.29, 0.717) is 22.7 Å². The van der Waals surface area contributed by atoms with Crippen LogP contribution in [0.2, 0.25) is 0 Å². The third-order valence-electron chi connectivity index (χ3n) is 5.28. The molecule has 0 fully saturated rings. The highest BCUT2D eigenvalue weighted by atomic mass is 16.5. The van der Waals surface area contributed by atoms with E-state index in [4.69, 9.17) is 4.74 Å². The van der Waals surface area contributed by atoms with Crippen molar-refractivity contribution < 1.29 is 9.53 Å². The first-order valence-corrected chi connectivity index (χ1v) is 9.52. The number of carbonyl (C=O) groups excluding carboxylic acids is 1. The van der Waals surface area contributed by atoms with Crippen molar-refractivity contribution in [1.82, 2.24) is 9.13 Å². The number of allylic oxidation sites excluding steroid dienone is 1. The Morgan fingerprint density at radius 2 is 1.83 bits per heavy atom. The maximum absolute atomic E-state index is 13.1. The number of rotatable bonds is 5. The number of hydrogen-bond acceptors (Lipinski definition) is 6. The number of anilines is 2. The zero-order valence-electron chi connectivity index (χ0n) is 17.9. The molecule has 0 amide bonds. The highest BCUT2D eigenvalue weighted by Crippen LogP contribution is 2.40. The summed E-state index contributed by atoms with van der Waals surface area (Å²) in [5, 5.41) is 3.07. The maximum Gasteiger partial charge on any atom is 0.337 e. The van der Waals surface area contributed by atoms with Crippen molar-refractivity contribution in [1.29, 1.82) is 0 Å². The van der Waals surface area contributed by atoms with Crippen LogP contribution in [0.25, 0.3) is 0 Å². The number of esters is 1. The quantitative estimate of drug-likeness (QED) is 0.597. The number of carbonyl (C=O) groups is 1. The summed E-state index contributed by atoms with van der Waals surface area (Å²) < 4.78 is 7.75. The normalized spacial score (nSPS) is 15.3. The lowest BCUT2D eigenvalue weighted by molar-refractivity contribution is -0.138. The SMILES string of the molecule is C=CCOC(=O)C1=C(C)Nc2c(c(=O)n(C)c(=O)n2C)[C@@H]1c1ccc(N(C)C)cc1. The minimum Gasteiger partial charge on any atom is -0.458 e. The first-order chi connectivity index (χ1) is 14.2. The second-order valence-electron chi connectivity index (χ2n) is 7.44. The molecular formula is C22H26N4O4. The van der Waals surface area contributed by atoms with Crippen molar-refractivity contribution in [3.05, 3.63) is 80.2 Å². The van der Waals surface area contributed by atoms with Gasteiger partial charge >= 0.3 is 11.7 Å². The van der Waals surface area contributed by atoms with Crippen molar-refractivity contribution in [2.45, 2.75) is 12.8 Å². The largest absolute Gasteiger partial charge is 0.458 e. The number of benzene rings is 1. The maximum atomic E-state index is 13.1. The van der Waals surface area contributed by atoms with E-state index in [2.05, 4.69) is 11.9 Å². The van der Waals surface area contributed by atoms with Gasteiger partial charge in [-0.1, -0.05) is 24.8 Å². The van der Waals surface area contributed by atoms with Crippen LogP contribution in [-0.2, 0) is 23.6 Å². The molecule has 30 heavy (non-hydrogen) atoms. The molecule has 1 N–H and O–H groups in total. The molecule has 0 aliphatic carbocycles. The Labute approximate surface area is 174 Å². The third kappa shape index (κ3) is 3.45. The van der Waals surface area contributed by atoms with E-state index >= 15 is 0 Å². The smallest absolute Gasteiger partial charge is 0.337 e. The molecule has 2 aromatic rings. The number of ether oxygens (including phenoxy) is 1. The Morgan fingerprint density at radius 1 is 1.20 bits per heavy atom. The van der Waals surface area contributed by atoms with Gasteiger partial charge in [-0.3, -0.25) is 13.9 Å². The second-order valence-corrected chi connectivity index (χ2v) is 7.44. The van der Waals surface area contributed by atoms with Gasteiger partial charge in [-0.15, -0.1) is 0 Å². The molecule has 3 rings (SSSR count). The molecule has 1 aromatic heterocycles.